The first kappa shape index (κ1) is 16.8. The molecular formula is C12H26FNO. The van der Waals surface area contributed by atoms with Gasteiger partial charge in [-0.25, -0.2) is 0 Å². The van der Waals surface area contributed by atoms with E-state index in [0.717, 1.165) is 25.9 Å². The number of hydrogen-bond acceptors (Lipinski definition) is 1. The van der Waals surface area contributed by atoms with Crippen molar-refractivity contribution < 1.29 is 9.50 Å². The summed E-state index contributed by atoms with van der Waals surface area (Å²) < 4.78 is 0. The van der Waals surface area contributed by atoms with Gasteiger partial charge in [0.2, 0.25) is 5.91 Å². The van der Waals surface area contributed by atoms with E-state index in [0.29, 0.717) is 5.91 Å². The van der Waals surface area contributed by atoms with Crippen molar-refractivity contribution >= 4 is 5.91 Å². The second-order valence-electron chi connectivity index (χ2n) is 3.73. The van der Waals surface area contributed by atoms with E-state index in [1.54, 1.807) is 0 Å². The van der Waals surface area contributed by atoms with Crippen LogP contribution in [0.4, 0.5) is 4.70 Å². The zero-order valence-corrected chi connectivity index (χ0v) is 10.4. The molecule has 2 nitrogen and oxygen atoms in total. The Balaban J connectivity index is 0. The highest BCUT2D eigenvalue weighted by atomic mass is 19.0. The monoisotopic (exact) mass is 219 g/mol. The summed E-state index contributed by atoms with van der Waals surface area (Å²) in [6.07, 6.45) is 6.87. The quantitative estimate of drug-likeness (QED) is 0.573. The summed E-state index contributed by atoms with van der Waals surface area (Å²) >= 11 is 0. The Hall–Kier alpha value is -0.600. The molecule has 0 aromatic carbocycles. The van der Waals surface area contributed by atoms with Gasteiger partial charge in [0, 0.05) is 19.5 Å². The van der Waals surface area contributed by atoms with Gasteiger partial charge in [0.25, 0.3) is 0 Å². The number of unbranched alkanes of at least 4 members (excludes halogenated alkanes) is 4. The summed E-state index contributed by atoms with van der Waals surface area (Å²) in [7, 11) is 0. The van der Waals surface area contributed by atoms with Gasteiger partial charge in [0.15, 0.2) is 0 Å². The predicted octanol–water partition coefficient (Wildman–Crippen LogP) is 3.37. The lowest BCUT2D eigenvalue weighted by molar-refractivity contribution is -0.130. The summed E-state index contributed by atoms with van der Waals surface area (Å²) in [5.74, 6) is 0.325. The van der Waals surface area contributed by atoms with Crippen molar-refractivity contribution in [3.05, 3.63) is 0 Å². The van der Waals surface area contributed by atoms with Crippen LogP contribution in [0.25, 0.3) is 0 Å². The fourth-order valence-corrected chi connectivity index (χ4v) is 1.61. The highest BCUT2D eigenvalue weighted by Gasteiger charge is 2.07. The van der Waals surface area contributed by atoms with E-state index in [1.165, 1.54) is 25.7 Å². The van der Waals surface area contributed by atoms with E-state index >= 15 is 0 Å². The van der Waals surface area contributed by atoms with Crippen LogP contribution in [0.1, 0.15) is 59.3 Å². The zero-order chi connectivity index (χ0) is 10.8. The Morgan fingerprint density at radius 3 is 1.93 bits per heavy atom. The maximum Gasteiger partial charge on any atom is 0.222 e. The van der Waals surface area contributed by atoms with Crippen LogP contribution in [0, 0.1) is 0 Å². The number of hydrogen-bond donors (Lipinski definition) is 0. The second-order valence-corrected chi connectivity index (χ2v) is 3.73. The smallest absolute Gasteiger partial charge is 0.222 e. The molecule has 0 unspecified atom stereocenters. The van der Waals surface area contributed by atoms with Gasteiger partial charge in [-0.1, -0.05) is 32.6 Å². The fourth-order valence-electron chi connectivity index (χ4n) is 1.61. The third kappa shape index (κ3) is 8.40. The molecule has 0 heterocycles. The maximum atomic E-state index is 11.6. The Morgan fingerprint density at radius 2 is 1.47 bits per heavy atom. The van der Waals surface area contributed by atoms with Gasteiger partial charge in [-0.3, -0.25) is 9.50 Å². The van der Waals surface area contributed by atoms with E-state index in [-0.39, 0.29) is 4.70 Å². The first-order chi connectivity index (χ1) is 6.76. The van der Waals surface area contributed by atoms with Crippen LogP contribution in [0.3, 0.4) is 0 Å². The molecule has 0 saturated heterocycles. The standard InChI is InChI=1S/C12H25NO.FH/c1-4-7-8-9-10-11-12(14)13(5-2)6-3;/h4-11H2,1-3H3;1H. The van der Waals surface area contributed by atoms with E-state index < -0.39 is 0 Å². The molecule has 0 rings (SSSR count). The van der Waals surface area contributed by atoms with Gasteiger partial charge >= 0.3 is 0 Å². The number of rotatable bonds is 8. The minimum atomic E-state index is 0. The summed E-state index contributed by atoms with van der Waals surface area (Å²) in [5.41, 5.74) is 0. The van der Waals surface area contributed by atoms with E-state index in [2.05, 4.69) is 6.92 Å². The molecular weight excluding hydrogens is 193 g/mol. The van der Waals surface area contributed by atoms with Crippen molar-refractivity contribution in [1.29, 1.82) is 0 Å². The average molecular weight is 219 g/mol. The van der Waals surface area contributed by atoms with Crippen molar-refractivity contribution in [2.45, 2.75) is 59.3 Å². The molecule has 1 amide bonds. The lowest BCUT2D eigenvalue weighted by Crippen LogP contribution is -2.30. The number of halogens is 1. The third-order valence-corrected chi connectivity index (χ3v) is 2.61. The minimum absolute atomic E-state index is 0. The number of carbonyl (C=O) groups is 1. The average Bonchev–Trinajstić information content (AvgIpc) is 2.19. The molecule has 0 radical (unpaired) electrons. The fraction of sp³-hybridized carbons (Fsp3) is 0.917. The molecule has 0 spiro atoms. The molecule has 0 saturated carbocycles. The van der Waals surface area contributed by atoms with Crippen LogP contribution in [0.5, 0.6) is 0 Å². The number of amides is 1. The molecule has 3 heteroatoms. The molecule has 0 aliphatic heterocycles. The normalized spacial score (nSPS) is 9.53. The second kappa shape index (κ2) is 11.5. The van der Waals surface area contributed by atoms with Crippen molar-refractivity contribution in [2.24, 2.45) is 0 Å². The minimum Gasteiger partial charge on any atom is -0.343 e. The third-order valence-electron chi connectivity index (χ3n) is 2.61. The van der Waals surface area contributed by atoms with Gasteiger partial charge in [0.05, 0.1) is 0 Å². The summed E-state index contributed by atoms with van der Waals surface area (Å²) in [6, 6.07) is 0. The maximum absolute atomic E-state index is 11.6. The molecule has 92 valence electrons. The zero-order valence-electron chi connectivity index (χ0n) is 10.4. The van der Waals surface area contributed by atoms with Gasteiger partial charge in [-0.05, 0) is 20.3 Å². The van der Waals surface area contributed by atoms with Gasteiger partial charge < -0.3 is 4.90 Å². The topological polar surface area (TPSA) is 20.3 Å². The molecule has 15 heavy (non-hydrogen) atoms. The van der Waals surface area contributed by atoms with Gasteiger partial charge in [-0.2, -0.15) is 0 Å². The van der Waals surface area contributed by atoms with Crippen LogP contribution >= 0.6 is 0 Å². The first-order valence-corrected chi connectivity index (χ1v) is 6.04. The van der Waals surface area contributed by atoms with E-state index in [4.69, 9.17) is 0 Å². The Labute approximate surface area is 93.4 Å². The van der Waals surface area contributed by atoms with Crippen molar-refractivity contribution in [2.75, 3.05) is 13.1 Å². The molecule has 0 aromatic rings. The van der Waals surface area contributed by atoms with Crippen LogP contribution < -0.4 is 0 Å². The van der Waals surface area contributed by atoms with Crippen LogP contribution in [0.2, 0.25) is 0 Å². The largest absolute Gasteiger partial charge is 0.343 e. The Kier molecular flexibility index (Phi) is 12.9. The van der Waals surface area contributed by atoms with E-state index in [9.17, 15) is 4.79 Å². The van der Waals surface area contributed by atoms with Crippen molar-refractivity contribution in [3.8, 4) is 0 Å². The highest BCUT2D eigenvalue weighted by Crippen LogP contribution is 2.06. The van der Waals surface area contributed by atoms with Crippen LogP contribution in [0.15, 0.2) is 0 Å². The number of carbonyl (C=O) groups excluding carboxylic acids is 1. The molecule has 0 aliphatic carbocycles. The first-order valence-electron chi connectivity index (χ1n) is 6.04. The van der Waals surface area contributed by atoms with Crippen molar-refractivity contribution in [1.82, 2.24) is 4.90 Å². The van der Waals surface area contributed by atoms with Crippen molar-refractivity contribution in [3.63, 3.8) is 0 Å². The van der Waals surface area contributed by atoms with E-state index in [1.807, 2.05) is 18.7 Å². The lowest BCUT2D eigenvalue weighted by atomic mass is 10.1. The molecule has 0 N–H and O–H groups in total. The highest BCUT2D eigenvalue weighted by molar-refractivity contribution is 5.75. The van der Waals surface area contributed by atoms with Crippen LogP contribution in [-0.4, -0.2) is 23.9 Å². The molecule has 0 aromatic heterocycles. The molecule has 0 fully saturated rings. The molecule has 0 aliphatic rings. The predicted molar refractivity (Wildman–Crippen MR) is 63.8 cm³/mol. The molecule has 0 atom stereocenters. The molecule has 0 bridgehead atoms. The van der Waals surface area contributed by atoms with Crippen LogP contribution in [-0.2, 0) is 4.79 Å². The van der Waals surface area contributed by atoms with Gasteiger partial charge in [-0.15, -0.1) is 0 Å². The Morgan fingerprint density at radius 1 is 0.933 bits per heavy atom. The SMILES string of the molecule is CCCCCCCC(=O)N(CC)CC.F. The number of nitrogens with zero attached hydrogens (tertiary/aromatic N) is 1. The summed E-state index contributed by atoms with van der Waals surface area (Å²) in [6.45, 7) is 7.99. The summed E-state index contributed by atoms with van der Waals surface area (Å²) in [4.78, 5) is 13.5. The Bertz CT molecular complexity index is 147. The lowest BCUT2D eigenvalue weighted by Gasteiger charge is -2.18. The van der Waals surface area contributed by atoms with Gasteiger partial charge in [0.1, 0.15) is 0 Å². The summed E-state index contributed by atoms with van der Waals surface area (Å²) in [5, 5.41) is 0.